The average molecular weight is 433 g/mol. The van der Waals surface area contributed by atoms with Gasteiger partial charge in [0.05, 0.1) is 7.11 Å². The fraction of sp³-hybridized carbons (Fsp3) is 0.167. The lowest BCUT2D eigenvalue weighted by atomic mass is 10.2. The zero-order chi connectivity index (χ0) is 18.5. The Morgan fingerprint density at radius 3 is 2.58 bits per heavy atom. The Labute approximate surface area is 164 Å². The van der Waals surface area contributed by atoms with Gasteiger partial charge < -0.3 is 10.1 Å². The summed E-state index contributed by atoms with van der Waals surface area (Å²) in [5, 5.41) is 9.94. The van der Waals surface area contributed by atoms with E-state index in [1.807, 2.05) is 53.1 Å². The van der Waals surface area contributed by atoms with Crippen LogP contribution in [0.2, 0.25) is 0 Å². The summed E-state index contributed by atoms with van der Waals surface area (Å²) < 4.78 is 8.43. The molecule has 0 saturated heterocycles. The number of benzene rings is 2. The second-order valence-corrected chi connectivity index (χ2v) is 6.84. The minimum Gasteiger partial charge on any atom is -0.497 e. The highest BCUT2D eigenvalue weighted by Gasteiger charge is 2.11. The largest absolute Gasteiger partial charge is 0.497 e. The standard InChI is InChI=1S/C18H17BrN4O2S/c1-25-15-8-2-12(3-9-15)17-21-22-18(26)23(17)11-10-16(24)20-14-6-4-13(19)5-7-14/h2-9H,10-11H2,1H3,(H,20,24)(H,22,26). The average Bonchev–Trinajstić information content (AvgIpc) is 3.02. The number of ether oxygens (including phenoxy) is 1. The number of nitrogens with zero attached hydrogens (tertiary/aromatic N) is 2. The summed E-state index contributed by atoms with van der Waals surface area (Å²) in [7, 11) is 1.62. The molecule has 1 amide bonds. The van der Waals surface area contributed by atoms with E-state index in [-0.39, 0.29) is 12.3 Å². The predicted octanol–water partition coefficient (Wildman–Crippen LogP) is 4.41. The molecule has 26 heavy (non-hydrogen) atoms. The Hall–Kier alpha value is -2.45. The lowest BCUT2D eigenvalue weighted by Gasteiger charge is -2.08. The van der Waals surface area contributed by atoms with Crippen molar-refractivity contribution in [3.05, 3.63) is 57.8 Å². The normalized spacial score (nSPS) is 10.5. The Morgan fingerprint density at radius 1 is 1.23 bits per heavy atom. The third-order valence-corrected chi connectivity index (χ3v) is 4.64. The van der Waals surface area contributed by atoms with Gasteiger partial charge in [0, 0.05) is 28.7 Å². The van der Waals surface area contributed by atoms with Crippen molar-refractivity contribution < 1.29 is 9.53 Å². The van der Waals surface area contributed by atoms with Crippen LogP contribution in [0.5, 0.6) is 5.75 Å². The van der Waals surface area contributed by atoms with Gasteiger partial charge in [-0.05, 0) is 60.7 Å². The van der Waals surface area contributed by atoms with Crippen LogP contribution in [0.1, 0.15) is 6.42 Å². The first-order valence-corrected chi connectivity index (χ1v) is 9.12. The third-order valence-electron chi connectivity index (χ3n) is 3.80. The van der Waals surface area contributed by atoms with Crippen LogP contribution in [0.15, 0.2) is 53.0 Å². The van der Waals surface area contributed by atoms with Crippen LogP contribution in [0.3, 0.4) is 0 Å². The molecule has 8 heteroatoms. The van der Waals surface area contributed by atoms with E-state index in [2.05, 4.69) is 31.4 Å². The van der Waals surface area contributed by atoms with Crippen molar-refractivity contribution in [3.8, 4) is 17.1 Å². The van der Waals surface area contributed by atoms with Crippen molar-refractivity contribution in [3.63, 3.8) is 0 Å². The summed E-state index contributed by atoms with van der Waals surface area (Å²) in [5.41, 5.74) is 1.65. The lowest BCUT2D eigenvalue weighted by molar-refractivity contribution is -0.116. The Bertz CT molecular complexity index is 949. The van der Waals surface area contributed by atoms with E-state index in [4.69, 9.17) is 17.0 Å². The zero-order valence-corrected chi connectivity index (χ0v) is 16.4. The van der Waals surface area contributed by atoms with Crippen molar-refractivity contribution in [2.24, 2.45) is 0 Å². The Kier molecular flexibility index (Phi) is 5.85. The Balaban J connectivity index is 1.69. The molecule has 1 heterocycles. The molecule has 0 radical (unpaired) electrons. The summed E-state index contributed by atoms with van der Waals surface area (Å²) in [6.07, 6.45) is 0.285. The summed E-state index contributed by atoms with van der Waals surface area (Å²) in [6.45, 7) is 0.430. The van der Waals surface area contributed by atoms with Crippen molar-refractivity contribution in [2.75, 3.05) is 12.4 Å². The van der Waals surface area contributed by atoms with Gasteiger partial charge in [0.25, 0.3) is 0 Å². The fourth-order valence-corrected chi connectivity index (χ4v) is 2.94. The maximum absolute atomic E-state index is 12.2. The highest BCUT2D eigenvalue weighted by atomic mass is 79.9. The molecule has 1 aromatic heterocycles. The quantitative estimate of drug-likeness (QED) is 0.565. The number of anilines is 1. The number of H-pyrrole nitrogens is 1. The van der Waals surface area contributed by atoms with E-state index in [1.54, 1.807) is 7.11 Å². The summed E-state index contributed by atoms with van der Waals surface area (Å²) in [5.74, 6) is 1.37. The van der Waals surface area contributed by atoms with E-state index in [0.717, 1.165) is 21.5 Å². The van der Waals surface area contributed by atoms with Crippen LogP contribution >= 0.6 is 28.1 Å². The molecule has 0 aliphatic carbocycles. The van der Waals surface area contributed by atoms with Gasteiger partial charge in [-0.15, -0.1) is 0 Å². The minimum absolute atomic E-state index is 0.0869. The van der Waals surface area contributed by atoms with Crippen molar-refractivity contribution in [1.82, 2.24) is 14.8 Å². The van der Waals surface area contributed by atoms with Gasteiger partial charge >= 0.3 is 0 Å². The first-order chi connectivity index (χ1) is 12.6. The summed E-state index contributed by atoms with van der Waals surface area (Å²) >= 11 is 8.67. The number of hydrogen-bond donors (Lipinski definition) is 2. The molecule has 3 aromatic rings. The molecule has 0 fully saturated rings. The van der Waals surface area contributed by atoms with E-state index in [0.29, 0.717) is 17.1 Å². The monoisotopic (exact) mass is 432 g/mol. The predicted molar refractivity (Wildman–Crippen MR) is 107 cm³/mol. The number of aromatic amines is 1. The molecular weight excluding hydrogens is 416 g/mol. The lowest BCUT2D eigenvalue weighted by Crippen LogP contribution is -2.15. The molecule has 0 aliphatic rings. The number of hydrogen-bond acceptors (Lipinski definition) is 4. The number of nitrogens with one attached hydrogen (secondary N) is 2. The molecule has 0 aliphatic heterocycles. The molecule has 0 bridgehead atoms. The van der Waals surface area contributed by atoms with Crippen molar-refractivity contribution >= 4 is 39.7 Å². The molecule has 3 rings (SSSR count). The number of methoxy groups -OCH3 is 1. The van der Waals surface area contributed by atoms with Gasteiger partial charge in [-0.1, -0.05) is 15.9 Å². The number of rotatable bonds is 6. The third kappa shape index (κ3) is 4.39. The molecule has 0 saturated carbocycles. The topological polar surface area (TPSA) is 71.9 Å². The first-order valence-electron chi connectivity index (χ1n) is 7.92. The smallest absolute Gasteiger partial charge is 0.226 e. The molecule has 2 aromatic carbocycles. The minimum atomic E-state index is -0.0869. The maximum atomic E-state index is 12.2. The number of amides is 1. The van der Waals surface area contributed by atoms with Crippen LogP contribution in [0.4, 0.5) is 5.69 Å². The van der Waals surface area contributed by atoms with Crippen LogP contribution in [0.25, 0.3) is 11.4 Å². The van der Waals surface area contributed by atoms with Gasteiger partial charge in [-0.2, -0.15) is 5.10 Å². The molecule has 0 unspecified atom stereocenters. The number of aromatic nitrogens is 3. The molecular formula is C18H17BrN4O2S. The van der Waals surface area contributed by atoms with E-state index >= 15 is 0 Å². The molecule has 0 spiro atoms. The van der Waals surface area contributed by atoms with Crippen molar-refractivity contribution in [2.45, 2.75) is 13.0 Å². The van der Waals surface area contributed by atoms with E-state index in [1.165, 1.54) is 0 Å². The molecule has 2 N–H and O–H groups in total. The molecule has 0 atom stereocenters. The van der Waals surface area contributed by atoms with E-state index < -0.39 is 0 Å². The number of carbonyl (C=O) groups is 1. The van der Waals surface area contributed by atoms with Crippen LogP contribution in [-0.4, -0.2) is 27.8 Å². The summed E-state index contributed by atoms with van der Waals surface area (Å²) in [4.78, 5) is 12.2. The van der Waals surface area contributed by atoms with Gasteiger partial charge in [-0.3, -0.25) is 14.5 Å². The SMILES string of the molecule is COc1ccc(-c2n[nH]c(=S)n2CCC(=O)Nc2ccc(Br)cc2)cc1. The van der Waals surface area contributed by atoms with Crippen LogP contribution in [0, 0.1) is 4.77 Å². The van der Waals surface area contributed by atoms with Gasteiger partial charge in [0.2, 0.25) is 5.91 Å². The van der Waals surface area contributed by atoms with E-state index in [9.17, 15) is 4.79 Å². The van der Waals surface area contributed by atoms with Gasteiger partial charge in [0.15, 0.2) is 10.6 Å². The first kappa shape index (κ1) is 18.3. The van der Waals surface area contributed by atoms with Crippen molar-refractivity contribution in [1.29, 1.82) is 0 Å². The van der Waals surface area contributed by atoms with Crippen LogP contribution in [-0.2, 0) is 11.3 Å². The number of halogens is 1. The highest BCUT2D eigenvalue weighted by molar-refractivity contribution is 9.10. The summed E-state index contributed by atoms with van der Waals surface area (Å²) in [6, 6.07) is 15.0. The van der Waals surface area contributed by atoms with Gasteiger partial charge in [0.1, 0.15) is 5.75 Å². The molecule has 134 valence electrons. The fourth-order valence-electron chi connectivity index (χ4n) is 2.46. The maximum Gasteiger partial charge on any atom is 0.226 e. The van der Waals surface area contributed by atoms with Crippen LogP contribution < -0.4 is 10.1 Å². The van der Waals surface area contributed by atoms with Gasteiger partial charge in [-0.25, -0.2) is 0 Å². The Morgan fingerprint density at radius 2 is 1.92 bits per heavy atom. The molecule has 6 nitrogen and oxygen atoms in total. The second kappa shape index (κ2) is 8.29. The zero-order valence-electron chi connectivity index (χ0n) is 14.0. The number of carbonyl (C=O) groups excluding carboxylic acids is 1. The second-order valence-electron chi connectivity index (χ2n) is 5.54. The highest BCUT2D eigenvalue weighted by Crippen LogP contribution is 2.21.